The molecule has 2 aromatic rings. The van der Waals surface area contributed by atoms with E-state index >= 15 is 0 Å². The van der Waals surface area contributed by atoms with E-state index in [1.54, 1.807) is 18.2 Å². The van der Waals surface area contributed by atoms with E-state index in [2.05, 4.69) is 4.72 Å². The number of nitrogens with two attached hydrogens (primary N) is 1. The highest BCUT2D eigenvalue weighted by Crippen LogP contribution is 2.31. The molecule has 0 atom stereocenters. The Hall–Kier alpha value is -1.67. The molecule has 0 fully saturated rings. The zero-order valence-corrected chi connectivity index (χ0v) is 15.3. The van der Waals surface area contributed by atoms with Crippen LogP contribution in [0.15, 0.2) is 35.2 Å². The molecule has 9 heteroatoms. The van der Waals surface area contributed by atoms with E-state index in [1.807, 2.05) is 0 Å². The van der Waals surface area contributed by atoms with Gasteiger partial charge < -0.3 is 15.2 Å². The van der Waals surface area contributed by atoms with E-state index in [0.717, 1.165) is 0 Å². The maximum Gasteiger partial charge on any atom is 0.244 e. The van der Waals surface area contributed by atoms with Gasteiger partial charge in [-0.05, 0) is 29.8 Å². The zero-order valence-electron chi connectivity index (χ0n) is 13.0. The lowest BCUT2D eigenvalue weighted by atomic mass is 10.2. The largest absolute Gasteiger partial charge is 0.493 e. The molecule has 2 aromatic carbocycles. The third kappa shape index (κ3) is 4.05. The summed E-state index contributed by atoms with van der Waals surface area (Å²) in [5.41, 5.74) is 6.40. The Kier molecular flexibility index (Phi) is 5.82. The molecule has 2 rings (SSSR count). The van der Waals surface area contributed by atoms with Crippen LogP contribution in [0, 0.1) is 0 Å². The number of rotatable bonds is 6. The van der Waals surface area contributed by atoms with Gasteiger partial charge in [0.25, 0.3) is 0 Å². The Morgan fingerprint density at radius 3 is 2.33 bits per heavy atom. The first-order chi connectivity index (χ1) is 11.3. The van der Waals surface area contributed by atoms with Crippen LogP contribution in [-0.2, 0) is 16.6 Å². The van der Waals surface area contributed by atoms with Crippen molar-refractivity contribution in [2.45, 2.75) is 11.4 Å². The average Bonchev–Trinajstić information content (AvgIpc) is 2.51. The van der Waals surface area contributed by atoms with Crippen molar-refractivity contribution in [2.75, 3.05) is 20.0 Å². The number of benzene rings is 2. The van der Waals surface area contributed by atoms with Gasteiger partial charge in [-0.15, -0.1) is 0 Å². The van der Waals surface area contributed by atoms with E-state index in [0.29, 0.717) is 17.1 Å². The molecule has 0 aliphatic heterocycles. The van der Waals surface area contributed by atoms with Gasteiger partial charge in [-0.3, -0.25) is 0 Å². The summed E-state index contributed by atoms with van der Waals surface area (Å²) in [5, 5.41) is 0.219. The highest BCUT2D eigenvalue weighted by Gasteiger charge is 2.22. The minimum absolute atomic E-state index is 0.0210. The van der Waals surface area contributed by atoms with Gasteiger partial charge in [-0.1, -0.05) is 29.3 Å². The quantitative estimate of drug-likeness (QED) is 0.739. The Bertz CT molecular complexity index is 834. The second-order valence-corrected chi connectivity index (χ2v) is 7.37. The molecule has 0 aliphatic carbocycles. The van der Waals surface area contributed by atoms with Crippen LogP contribution in [0.3, 0.4) is 0 Å². The summed E-state index contributed by atoms with van der Waals surface area (Å²) in [6.45, 7) is 0.0289. The van der Waals surface area contributed by atoms with Crippen LogP contribution in [0.2, 0.25) is 10.0 Å². The SMILES string of the molecule is COc1ccc(CNS(=O)(=O)c2c(N)cc(Cl)cc2Cl)cc1OC. The van der Waals surface area contributed by atoms with Crippen molar-refractivity contribution in [1.82, 2.24) is 4.72 Å². The van der Waals surface area contributed by atoms with Crippen molar-refractivity contribution in [1.29, 1.82) is 0 Å². The monoisotopic (exact) mass is 390 g/mol. The van der Waals surface area contributed by atoms with Crippen LogP contribution in [0.25, 0.3) is 0 Å². The van der Waals surface area contributed by atoms with Crippen LogP contribution < -0.4 is 19.9 Å². The van der Waals surface area contributed by atoms with Crippen LogP contribution in [0.4, 0.5) is 5.69 Å². The average molecular weight is 391 g/mol. The lowest BCUT2D eigenvalue weighted by molar-refractivity contribution is 0.354. The molecule has 0 radical (unpaired) electrons. The van der Waals surface area contributed by atoms with Crippen molar-refractivity contribution < 1.29 is 17.9 Å². The molecular formula is C15H16Cl2N2O4S. The fourth-order valence-corrected chi connectivity index (χ4v) is 4.10. The fourth-order valence-electron chi connectivity index (χ4n) is 2.10. The summed E-state index contributed by atoms with van der Waals surface area (Å²) in [6, 6.07) is 7.74. The summed E-state index contributed by atoms with van der Waals surface area (Å²) >= 11 is 11.8. The molecule has 0 unspecified atom stereocenters. The molecule has 130 valence electrons. The lowest BCUT2D eigenvalue weighted by Gasteiger charge is -2.13. The molecule has 0 saturated heterocycles. The van der Waals surface area contributed by atoms with Crippen LogP contribution >= 0.6 is 23.2 Å². The molecular weight excluding hydrogens is 375 g/mol. The third-order valence-electron chi connectivity index (χ3n) is 3.22. The summed E-state index contributed by atoms with van der Waals surface area (Å²) in [5.74, 6) is 1.05. The van der Waals surface area contributed by atoms with Crippen molar-refractivity contribution in [3.05, 3.63) is 45.9 Å². The van der Waals surface area contributed by atoms with Gasteiger partial charge in [0.15, 0.2) is 11.5 Å². The molecule has 0 aromatic heterocycles. The molecule has 3 N–H and O–H groups in total. The number of hydrogen-bond acceptors (Lipinski definition) is 5. The Morgan fingerprint density at radius 1 is 1.08 bits per heavy atom. The third-order valence-corrected chi connectivity index (χ3v) is 5.37. The Morgan fingerprint density at radius 2 is 1.75 bits per heavy atom. The number of halogens is 2. The van der Waals surface area contributed by atoms with Crippen molar-refractivity contribution in [3.63, 3.8) is 0 Å². The number of methoxy groups -OCH3 is 2. The minimum atomic E-state index is -3.91. The van der Waals surface area contributed by atoms with E-state index in [1.165, 1.54) is 26.4 Å². The van der Waals surface area contributed by atoms with Gasteiger partial charge in [0.2, 0.25) is 10.0 Å². The number of ether oxygens (including phenoxy) is 2. The summed E-state index contributed by atoms with van der Waals surface area (Å²) in [6.07, 6.45) is 0. The van der Waals surface area contributed by atoms with Crippen LogP contribution in [0.1, 0.15) is 5.56 Å². The first-order valence-corrected chi connectivity index (χ1v) is 8.97. The molecule has 0 saturated carbocycles. The number of nitrogen functional groups attached to an aromatic ring is 1. The lowest BCUT2D eigenvalue weighted by Crippen LogP contribution is -2.24. The smallest absolute Gasteiger partial charge is 0.244 e. The maximum atomic E-state index is 12.5. The topological polar surface area (TPSA) is 90.7 Å². The summed E-state index contributed by atoms with van der Waals surface area (Å²) < 4.78 is 37.7. The van der Waals surface area contributed by atoms with Crippen LogP contribution in [0.5, 0.6) is 11.5 Å². The fraction of sp³-hybridized carbons (Fsp3) is 0.200. The summed E-state index contributed by atoms with van der Waals surface area (Å²) in [7, 11) is -0.890. The van der Waals surface area contributed by atoms with E-state index < -0.39 is 10.0 Å². The molecule has 6 nitrogen and oxygen atoms in total. The number of sulfonamides is 1. The van der Waals surface area contributed by atoms with E-state index in [4.69, 9.17) is 38.4 Å². The second-order valence-electron chi connectivity index (χ2n) is 4.82. The van der Waals surface area contributed by atoms with Gasteiger partial charge in [-0.2, -0.15) is 0 Å². The highest BCUT2D eigenvalue weighted by molar-refractivity contribution is 7.89. The molecule has 24 heavy (non-hydrogen) atoms. The molecule has 0 aliphatic rings. The molecule has 0 spiro atoms. The molecule has 0 amide bonds. The van der Waals surface area contributed by atoms with Gasteiger partial charge >= 0.3 is 0 Å². The number of nitrogens with one attached hydrogen (secondary N) is 1. The molecule has 0 heterocycles. The number of anilines is 1. The predicted octanol–water partition coefficient (Wildman–Crippen LogP) is 3.07. The van der Waals surface area contributed by atoms with Crippen molar-refractivity contribution in [2.24, 2.45) is 0 Å². The first kappa shape index (κ1) is 18.7. The minimum Gasteiger partial charge on any atom is -0.493 e. The van der Waals surface area contributed by atoms with Gasteiger partial charge in [0.1, 0.15) is 4.90 Å². The Balaban J connectivity index is 2.25. The van der Waals surface area contributed by atoms with E-state index in [-0.39, 0.29) is 27.2 Å². The van der Waals surface area contributed by atoms with Gasteiger partial charge in [0, 0.05) is 11.6 Å². The number of hydrogen-bond donors (Lipinski definition) is 2. The van der Waals surface area contributed by atoms with Gasteiger partial charge in [0.05, 0.1) is 24.9 Å². The summed E-state index contributed by atoms with van der Waals surface area (Å²) in [4.78, 5) is -0.200. The van der Waals surface area contributed by atoms with E-state index in [9.17, 15) is 8.42 Å². The normalized spacial score (nSPS) is 11.3. The maximum absolute atomic E-state index is 12.5. The zero-order chi connectivity index (χ0) is 17.9. The van der Waals surface area contributed by atoms with Crippen molar-refractivity contribution in [3.8, 4) is 11.5 Å². The standard InChI is InChI=1S/C15H16Cl2N2O4S/c1-22-13-4-3-9(5-14(13)23-2)8-19-24(20,21)15-11(17)6-10(16)7-12(15)18/h3-7,19H,8,18H2,1-2H3. The first-order valence-electron chi connectivity index (χ1n) is 6.73. The Labute approximate surface area is 150 Å². The second kappa shape index (κ2) is 7.48. The van der Waals surface area contributed by atoms with Gasteiger partial charge in [-0.25, -0.2) is 13.1 Å². The predicted molar refractivity (Wildman–Crippen MR) is 94.4 cm³/mol. The molecule has 0 bridgehead atoms. The van der Waals surface area contributed by atoms with Crippen molar-refractivity contribution >= 4 is 38.9 Å². The van der Waals surface area contributed by atoms with Crippen LogP contribution in [-0.4, -0.2) is 22.6 Å². The highest BCUT2D eigenvalue weighted by atomic mass is 35.5.